The van der Waals surface area contributed by atoms with E-state index in [1.54, 1.807) is 18.5 Å². The molecular formula is C11H13BF4N2O3. The molecule has 0 radical (unpaired) electrons. The van der Waals surface area contributed by atoms with Crippen LogP contribution in [0.25, 0.3) is 6.08 Å². The monoisotopic (exact) mass is 308 g/mol. The number of carbonyl (C=O) groups is 2. The lowest BCUT2D eigenvalue weighted by Gasteiger charge is -1.94. The Hall–Kier alpha value is -2.39. The molecule has 0 unspecified atom stereocenters. The summed E-state index contributed by atoms with van der Waals surface area (Å²) in [5, 5.41) is 2.46. The molecule has 2 N–H and O–H groups in total. The summed E-state index contributed by atoms with van der Waals surface area (Å²) in [6, 6.07) is 3.74. The second-order valence-corrected chi connectivity index (χ2v) is 3.46. The van der Waals surface area contributed by atoms with Crippen LogP contribution in [0.4, 0.5) is 17.3 Å². The smallest absolute Gasteiger partial charge is 0.466 e. The highest BCUT2D eigenvalue weighted by Crippen LogP contribution is 2.06. The maximum atomic E-state index is 10.7. The van der Waals surface area contributed by atoms with Gasteiger partial charge in [-0.2, -0.15) is 0 Å². The van der Waals surface area contributed by atoms with E-state index in [1.165, 1.54) is 13.2 Å². The Morgan fingerprint density at radius 3 is 2.29 bits per heavy atom. The SMILES string of the molecule is COC(=O)C=Cc1ccc[nH+]c1.F[B-](F)(F)F.O=C1CN1. The van der Waals surface area contributed by atoms with Gasteiger partial charge in [-0.1, -0.05) is 0 Å². The molecule has 0 aliphatic carbocycles. The molecule has 1 amide bonds. The number of halogens is 4. The number of ether oxygens (including phenoxy) is 1. The molecule has 1 aromatic rings. The number of hydrogen-bond donors (Lipinski definition) is 1. The summed E-state index contributed by atoms with van der Waals surface area (Å²) < 4.78 is 43.4. The summed E-state index contributed by atoms with van der Waals surface area (Å²) in [6.45, 7) is 0.597. The average Bonchev–Trinajstić information content (AvgIpc) is 3.18. The van der Waals surface area contributed by atoms with Gasteiger partial charge in [-0.25, -0.2) is 9.78 Å². The average molecular weight is 308 g/mol. The normalized spacial score (nSPS) is 12.3. The van der Waals surface area contributed by atoms with E-state index in [0.717, 1.165) is 5.56 Å². The molecule has 1 aliphatic rings. The van der Waals surface area contributed by atoms with Crippen molar-refractivity contribution in [3.63, 3.8) is 0 Å². The predicted octanol–water partition coefficient (Wildman–Crippen LogP) is 1.10. The van der Waals surface area contributed by atoms with Crippen molar-refractivity contribution in [2.24, 2.45) is 0 Å². The van der Waals surface area contributed by atoms with Crippen LogP contribution < -0.4 is 10.3 Å². The number of nitrogens with one attached hydrogen (secondary N) is 2. The van der Waals surface area contributed by atoms with Crippen molar-refractivity contribution < 1.29 is 36.6 Å². The van der Waals surface area contributed by atoms with E-state index in [4.69, 9.17) is 0 Å². The fourth-order valence-electron chi connectivity index (χ4n) is 0.779. The Morgan fingerprint density at radius 1 is 1.43 bits per heavy atom. The molecular weight excluding hydrogens is 295 g/mol. The van der Waals surface area contributed by atoms with Gasteiger partial charge in [0, 0.05) is 17.7 Å². The Labute approximate surface area is 118 Å². The summed E-state index contributed by atoms with van der Waals surface area (Å²) in [7, 11) is -4.65. The van der Waals surface area contributed by atoms with Crippen LogP contribution in [-0.4, -0.2) is 32.8 Å². The summed E-state index contributed by atoms with van der Waals surface area (Å²) in [5.41, 5.74) is 0.933. The molecule has 1 aliphatic heterocycles. The number of hydrogen-bond acceptors (Lipinski definition) is 3. The maximum absolute atomic E-state index is 10.7. The number of esters is 1. The van der Waals surface area contributed by atoms with Crippen LogP contribution in [-0.2, 0) is 14.3 Å². The molecule has 0 bridgehead atoms. The van der Waals surface area contributed by atoms with Gasteiger partial charge in [-0.05, 0) is 12.1 Å². The van der Waals surface area contributed by atoms with Crippen molar-refractivity contribution in [2.75, 3.05) is 13.7 Å². The third-order valence-electron chi connectivity index (χ3n) is 1.67. The van der Waals surface area contributed by atoms with Gasteiger partial charge in [0.1, 0.15) is 0 Å². The van der Waals surface area contributed by atoms with Crippen LogP contribution in [0.2, 0.25) is 0 Å². The molecule has 0 saturated carbocycles. The zero-order chi connectivity index (χ0) is 16.3. The van der Waals surface area contributed by atoms with Crippen LogP contribution in [0.3, 0.4) is 0 Å². The minimum absolute atomic E-state index is 0.167. The Bertz CT molecular complexity index is 468. The fourth-order valence-corrected chi connectivity index (χ4v) is 0.779. The van der Waals surface area contributed by atoms with Gasteiger partial charge < -0.3 is 27.3 Å². The van der Waals surface area contributed by atoms with E-state index in [1.807, 2.05) is 12.1 Å². The van der Waals surface area contributed by atoms with E-state index in [2.05, 4.69) is 15.0 Å². The number of carbonyl (C=O) groups excluding carboxylic acids is 2. The third-order valence-corrected chi connectivity index (χ3v) is 1.67. The van der Waals surface area contributed by atoms with Gasteiger partial charge in [-0.15, -0.1) is 0 Å². The Morgan fingerprint density at radius 2 is 1.95 bits per heavy atom. The van der Waals surface area contributed by atoms with Crippen LogP contribution in [0, 0.1) is 0 Å². The van der Waals surface area contributed by atoms with Gasteiger partial charge in [0.05, 0.1) is 13.7 Å². The number of aromatic nitrogens is 1. The molecule has 116 valence electrons. The number of rotatable bonds is 2. The second-order valence-electron chi connectivity index (χ2n) is 3.46. The van der Waals surface area contributed by atoms with Crippen LogP contribution in [0.5, 0.6) is 0 Å². The van der Waals surface area contributed by atoms with Crippen molar-refractivity contribution >= 4 is 25.2 Å². The molecule has 1 fully saturated rings. The highest BCUT2D eigenvalue weighted by Gasteiger charge is 2.20. The quantitative estimate of drug-likeness (QED) is 0.292. The minimum atomic E-state index is -6.00. The maximum Gasteiger partial charge on any atom is 0.673 e. The van der Waals surface area contributed by atoms with E-state index in [9.17, 15) is 26.9 Å². The zero-order valence-electron chi connectivity index (χ0n) is 11.0. The van der Waals surface area contributed by atoms with Gasteiger partial charge in [-0.3, -0.25) is 4.79 Å². The molecule has 5 nitrogen and oxygen atoms in total. The molecule has 2 heterocycles. The second kappa shape index (κ2) is 9.51. The first-order chi connectivity index (χ1) is 9.72. The summed E-state index contributed by atoms with van der Waals surface area (Å²) >= 11 is 0. The number of H-pyrrole nitrogens is 1. The van der Waals surface area contributed by atoms with Crippen molar-refractivity contribution in [2.45, 2.75) is 0 Å². The van der Waals surface area contributed by atoms with Gasteiger partial charge in [0.15, 0.2) is 12.4 Å². The first-order valence-electron chi connectivity index (χ1n) is 5.58. The van der Waals surface area contributed by atoms with Crippen molar-refractivity contribution in [3.05, 3.63) is 36.2 Å². The van der Waals surface area contributed by atoms with Gasteiger partial charge in [0.2, 0.25) is 5.91 Å². The van der Waals surface area contributed by atoms with Gasteiger partial charge in [0.25, 0.3) is 0 Å². The van der Waals surface area contributed by atoms with E-state index < -0.39 is 7.25 Å². The number of pyridine rings is 1. The third kappa shape index (κ3) is 17.6. The number of amides is 1. The van der Waals surface area contributed by atoms with E-state index in [0.29, 0.717) is 6.54 Å². The van der Waals surface area contributed by atoms with Crippen LogP contribution in [0.1, 0.15) is 5.56 Å². The number of aromatic amines is 1. The molecule has 10 heteroatoms. The molecule has 1 saturated heterocycles. The molecule has 0 spiro atoms. The summed E-state index contributed by atoms with van der Waals surface area (Å²) in [4.78, 5) is 23.0. The predicted molar refractivity (Wildman–Crippen MR) is 67.2 cm³/mol. The van der Waals surface area contributed by atoms with Crippen LogP contribution in [0.15, 0.2) is 30.6 Å². The topological polar surface area (TPSA) is 79.5 Å². The highest BCUT2D eigenvalue weighted by molar-refractivity contribution is 6.50. The fraction of sp³-hybridized carbons (Fsp3) is 0.182. The molecule has 2 rings (SSSR count). The molecule has 1 aromatic heterocycles. The van der Waals surface area contributed by atoms with Gasteiger partial charge >= 0.3 is 13.2 Å². The zero-order valence-corrected chi connectivity index (χ0v) is 11.0. The summed E-state index contributed by atoms with van der Waals surface area (Å²) in [5.74, 6) is -0.182. The highest BCUT2D eigenvalue weighted by atomic mass is 19.5. The van der Waals surface area contributed by atoms with Crippen LogP contribution >= 0.6 is 0 Å². The van der Waals surface area contributed by atoms with Crippen molar-refractivity contribution in [3.8, 4) is 0 Å². The molecule has 0 atom stereocenters. The van der Waals surface area contributed by atoms with E-state index in [-0.39, 0.29) is 11.9 Å². The standard InChI is InChI=1S/C9H9NO2.C2H3NO.BF4/c1-12-9(11)5-4-8-3-2-6-10-7-8;4-2-1-3-2;2-1(3,4)5/h2-7H,1H3;1H2,(H,3,4);/q;;-1/p+1. The van der Waals surface area contributed by atoms with Crippen molar-refractivity contribution in [1.29, 1.82) is 0 Å². The Kier molecular flexibility index (Phi) is 8.43. The lowest BCUT2D eigenvalue weighted by Crippen LogP contribution is -2.02. The minimum Gasteiger partial charge on any atom is -0.466 e. The molecule has 0 aromatic carbocycles. The lowest BCUT2D eigenvalue weighted by atomic mass is 10.3. The van der Waals surface area contributed by atoms with E-state index >= 15 is 0 Å². The first kappa shape index (κ1) is 18.6. The number of methoxy groups -OCH3 is 1. The van der Waals surface area contributed by atoms with Crippen molar-refractivity contribution in [1.82, 2.24) is 5.32 Å². The lowest BCUT2D eigenvalue weighted by molar-refractivity contribution is -0.378. The largest absolute Gasteiger partial charge is 0.673 e. The molecule has 21 heavy (non-hydrogen) atoms. The first-order valence-corrected chi connectivity index (χ1v) is 5.58. The summed E-state index contributed by atoms with van der Waals surface area (Å²) in [6.07, 6.45) is 6.65. The Balaban J connectivity index is 0.000000364.